The third-order valence-electron chi connectivity index (χ3n) is 5.84. The first-order valence-corrected chi connectivity index (χ1v) is 10.9. The minimum Gasteiger partial charge on any atom is -0.489 e. The minimum absolute atomic E-state index is 0.0842. The average molecular weight is 408 g/mol. The fourth-order valence-corrected chi connectivity index (χ4v) is 5.74. The lowest BCUT2D eigenvalue weighted by molar-refractivity contribution is -0.116. The molecule has 2 heterocycles. The maximum Gasteiger partial charge on any atom is 0.225 e. The van der Waals surface area contributed by atoms with Crippen molar-refractivity contribution in [2.45, 2.75) is 44.6 Å². The molecule has 29 heavy (non-hydrogen) atoms. The summed E-state index contributed by atoms with van der Waals surface area (Å²) in [6, 6.07) is 14.6. The predicted octanol–water partition coefficient (Wildman–Crippen LogP) is 5.82. The van der Waals surface area contributed by atoms with Crippen molar-refractivity contribution in [3.63, 3.8) is 0 Å². The summed E-state index contributed by atoms with van der Waals surface area (Å²) in [5, 5.41) is 4.13. The number of fused-ring (bicyclic) bond motifs is 3. The number of benzene rings is 2. The lowest BCUT2D eigenvalue weighted by Gasteiger charge is -2.25. The van der Waals surface area contributed by atoms with E-state index < -0.39 is 0 Å². The number of aryl methyl sites for hydroxylation is 1. The van der Waals surface area contributed by atoms with Crippen LogP contribution in [-0.4, -0.2) is 5.91 Å². The number of anilines is 1. The molecule has 0 saturated carbocycles. The maximum absolute atomic E-state index is 13.8. The number of amides is 1. The van der Waals surface area contributed by atoms with Gasteiger partial charge in [-0.15, -0.1) is 11.3 Å². The van der Waals surface area contributed by atoms with E-state index in [0.717, 1.165) is 23.4 Å². The van der Waals surface area contributed by atoms with Crippen molar-refractivity contribution in [1.82, 2.24) is 0 Å². The normalized spacial score (nSPS) is 18.0. The summed E-state index contributed by atoms with van der Waals surface area (Å²) in [7, 11) is 0. The second-order valence-electron chi connectivity index (χ2n) is 7.71. The number of rotatable bonds is 4. The topological polar surface area (TPSA) is 38.3 Å². The summed E-state index contributed by atoms with van der Waals surface area (Å²) >= 11 is 1.76. The van der Waals surface area contributed by atoms with Crippen LogP contribution in [-0.2, 0) is 24.2 Å². The Morgan fingerprint density at radius 2 is 1.86 bits per heavy atom. The summed E-state index contributed by atoms with van der Waals surface area (Å²) in [5.74, 6) is 0.621. The Kier molecular flexibility index (Phi) is 4.84. The number of carbonyl (C=O) groups excluding carboxylic acids is 1. The zero-order valence-electron chi connectivity index (χ0n) is 16.0. The van der Waals surface area contributed by atoms with E-state index in [1.165, 1.54) is 34.9 Å². The Morgan fingerprint density at radius 1 is 1.07 bits per heavy atom. The van der Waals surface area contributed by atoms with Crippen molar-refractivity contribution >= 4 is 22.2 Å². The molecule has 1 unspecified atom stereocenters. The highest BCUT2D eigenvalue weighted by atomic mass is 32.1. The van der Waals surface area contributed by atoms with Gasteiger partial charge < -0.3 is 10.1 Å². The molecule has 2 aromatic carbocycles. The highest BCUT2D eigenvalue weighted by molar-refractivity contribution is 7.16. The molecule has 0 radical (unpaired) electrons. The molecule has 1 aliphatic heterocycles. The molecule has 5 heteroatoms. The summed E-state index contributed by atoms with van der Waals surface area (Å²) in [4.78, 5) is 13.8. The quantitative estimate of drug-likeness (QED) is 0.592. The van der Waals surface area contributed by atoms with Gasteiger partial charge >= 0.3 is 0 Å². The number of halogens is 1. The number of carbonyl (C=O) groups is 1. The van der Waals surface area contributed by atoms with E-state index >= 15 is 0 Å². The molecule has 3 aromatic rings. The van der Waals surface area contributed by atoms with Crippen LogP contribution in [0.15, 0.2) is 48.5 Å². The molecule has 1 N–H and O–H groups in total. The number of ether oxygens (including phenoxy) is 1. The van der Waals surface area contributed by atoms with E-state index in [0.29, 0.717) is 17.7 Å². The zero-order chi connectivity index (χ0) is 19.8. The van der Waals surface area contributed by atoms with Crippen LogP contribution >= 0.6 is 11.3 Å². The Balaban J connectivity index is 1.39. The molecule has 1 atom stereocenters. The summed E-state index contributed by atoms with van der Waals surface area (Å²) in [6.07, 6.45) is 5.17. The number of thiophene rings is 1. The summed E-state index contributed by atoms with van der Waals surface area (Å²) in [6.45, 7) is 0.194. The molecule has 2 aliphatic rings. The van der Waals surface area contributed by atoms with Crippen molar-refractivity contribution in [3.8, 4) is 5.75 Å². The van der Waals surface area contributed by atoms with Crippen molar-refractivity contribution in [2.75, 3.05) is 5.32 Å². The van der Waals surface area contributed by atoms with Gasteiger partial charge in [-0.1, -0.05) is 30.3 Å². The molecule has 0 spiro atoms. The van der Waals surface area contributed by atoms with Crippen LogP contribution in [0, 0.1) is 5.82 Å². The fourth-order valence-electron chi connectivity index (χ4n) is 4.37. The first-order chi connectivity index (χ1) is 14.2. The highest BCUT2D eigenvalue weighted by Crippen LogP contribution is 2.47. The summed E-state index contributed by atoms with van der Waals surface area (Å²) < 4.78 is 19.5. The molecule has 0 fully saturated rings. The third kappa shape index (κ3) is 3.55. The molecular formula is C24H22FNO2S. The van der Waals surface area contributed by atoms with Crippen LogP contribution < -0.4 is 10.1 Å². The van der Waals surface area contributed by atoms with Gasteiger partial charge in [0.1, 0.15) is 18.2 Å². The second-order valence-corrected chi connectivity index (χ2v) is 8.81. The molecule has 0 saturated heterocycles. The van der Waals surface area contributed by atoms with E-state index in [-0.39, 0.29) is 24.2 Å². The Hall–Kier alpha value is -2.66. The highest BCUT2D eigenvalue weighted by Gasteiger charge is 2.33. The monoisotopic (exact) mass is 407 g/mol. The predicted molar refractivity (Wildman–Crippen MR) is 113 cm³/mol. The van der Waals surface area contributed by atoms with Gasteiger partial charge in [0.2, 0.25) is 5.91 Å². The molecule has 1 amide bonds. The van der Waals surface area contributed by atoms with Crippen LogP contribution in [0.3, 0.4) is 0 Å². The molecule has 0 bridgehead atoms. The van der Waals surface area contributed by atoms with Crippen LogP contribution in [0.5, 0.6) is 5.75 Å². The SMILES string of the molecule is O=C1CC(c2ccc(OCc3ccccc3F)cc2)c2c(sc3c2CCCC3)N1. The summed E-state index contributed by atoms with van der Waals surface area (Å²) in [5.41, 5.74) is 4.45. The van der Waals surface area contributed by atoms with Crippen LogP contribution in [0.25, 0.3) is 0 Å². The van der Waals surface area contributed by atoms with Crippen LogP contribution in [0.4, 0.5) is 9.39 Å². The first-order valence-electron chi connectivity index (χ1n) is 10.1. The Morgan fingerprint density at radius 3 is 2.69 bits per heavy atom. The minimum atomic E-state index is -0.257. The molecular weight excluding hydrogens is 385 g/mol. The number of hydrogen-bond acceptors (Lipinski definition) is 3. The van der Waals surface area contributed by atoms with Gasteiger partial charge in [-0.2, -0.15) is 0 Å². The Labute approximate surface area is 173 Å². The van der Waals surface area contributed by atoms with E-state index in [1.807, 2.05) is 24.3 Å². The molecule has 1 aromatic heterocycles. The third-order valence-corrected chi connectivity index (χ3v) is 7.06. The van der Waals surface area contributed by atoms with Gasteiger partial charge in [-0.3, -0.25) is 4.79 Å². The van der Waals surface area contributed by atoms with Crippen LogP contribution in [0.1, 0.15) is 52.3 Å². The standard InChI is InChI=1S/C24H22FNO2S/c25-20-7-3-1-5-16(20)14-28-17-11-9-15(10-12-17)19-13-22(27)26-24-23(19)18-6-2-4-8-21(18)29-24/h1,3,5,7,9-12,19H,2,4,6,8,13-14H2,(H,26,27). The van der Waals surface area contributed by atoms with E-state index in [9.17, 15) is 9.18 Å². The lowest BCUT2D eigenvalue weighted by Crippen LogP contribution is -2.23. The van der Waals surface area contributed by atoms with Gasteiger partial charge in [0.15, 0.2) is 0 Å². The Bertz CT molecular complexity index is 1060. The van der Waals surface area contributed by atoms with Gasteiger partial charge in [0, 0.05) is 22.8 Å². The maximum atomic E-state index is 13.8. The lowest BCUT2D eigenvalue weighted by atomic mass is 9.82. The number of hydrogen-bond donors (Lipinski definition) is 1. The van der Waals surface area contributed by atoms with E-state index in [4.69, 9.17) is 4.74 Å². The molecule has 148 valence electrons. The average Bonchev–Trinajstić information content (AvgIpc) is 3.11. The first kappa shape index (κ1) is 18.4. The van der Waals surface area contributed by atoms with Gasteiger partial charge in [0.25, 0.3) is 0 Å². The molecule has 1 aliphatic carbocycles. The van der Waals surface area contributed by atoms with Crippen molar-refractivity contribution in [3.05, 3.63) is 81.5 Å². The van der Waals surface area contributed by atoms with Gasteiger partial charge in [-0.25, -0.2) is 4.39 Å². The van der Waals surface area contributed by atoms with Crippen molar-refractivity contribution < 1.29 is 13.9 Å². The van der Waals surface area contributed by atoms with Crippen molar-refractivity contribution in [2.24, 2.45) is 0 Å². The van der Waals surface area contributed by atoms with Gasteiger partial charge in [-0.05, 0) is 60.6 Å². The molecule has 5 rings (SSSR count). The largest absolute Gasteiger partial charge is 0.489 e. The van der Waals surface area contributed by atoms with E-state index in [1.54, 1.807) is 29.5 Å². The zero-order valence-corrected chi connectivity index (χ0v) is 16.9. The van der Waals surface area contributed by atoms with Gasteiger partial charge in [0.05, 0.1) is 5.00 Å². The number of nitrogens with one attached hydrogen (secondary N) is 1. The second kappa shape index (κ2) is 7.64. The smallest absolute Gasteiger partial charge is 0.225 e. The molecule has 3 nitrogen and oxygen atoms in total. The van der Waals surface area contributed by atoms with E-state index in [2.05, 4.69) is 5.32 Å². The van der Waals surface area contributed by atoms with Crippen molar-refractivity contribution in [1.29, 1.82) is 0 Å². The van der Waals surface area contributed by atoms with Crippen LogP contribution in [0.2, 0.25) is 0 Å². The fraction of sp³-hybridized carbons (Fsp3) is 0.292.